The zero-order valence-corrected chi connectivity index (χ0v) is 9.81. The highest BCUT2D eigenvalue weighted by Gasteiger charge is 2.07. The Morgan fingerprint density at radius 1 is 1.29 bits per heavy atom. The highest BCUT2D eigenvalue weighted by Crippen LogP contribution is 2.27. The van der Waals surface area contributed by atoms with Crippen LogP contribution in [0.1, 0.15) is 65.2 Å². The smallest absolute Gasteiger partial charge is 0.0279 e. The molecule has 0 fully saturated rings. The lowest BCUT2D eigenvalue weighted by Crippen LogP contribution is -1.96. The van der Waals surface area contributed by atoms with Gasteiger partial charge in [0.2, 0.25) is 0 Å². The molecule has 0 N–H and O–H groups in total. The molecule has 0 radical (unpaired) electrons. The van der Waals surface area contributed by atoms with Crippen molar-refractivity contribution in [2.24, 2.45) is 0 Å². The molecule has 0 amide bonds. The fraction of sp³-hybridized carbons (Fsp3) is 0.714. The first kappa shape index (κ1) is 11.6. The number of hydrogen-bond donors (Lipinski definition) is 0. The molecule has 0 nitrogen and oxygen atoms in total. The van der Waals surface area contributed by atoms with E-state index < -0.39 is 0 Å². The predicted molar refractivity (Wildman–Crippen MR) is 64.5 cm³/mol. The molecule has 0 bridgehead atoms. The van der Waals surface area contributed by atoms with Crippen LogP contribution in [0.3, 0.4) is 0 Å². The zero-order valence-electron chi connectivity index (χ0n) is 9.81. The second-order valence-electron chi connectivity index (χ2n) is 4.24. The molecular weight excluding hydrogens is 168 g/mol. The van der Waals surface area contributed by atoms with E-state index in [1.165, 1.54) is 51.4 Å². The summed E-state index contributed by atoms with van der Waals surface area (Å²) in [5, 5.41) is 0. The number of unbranched alkanes of at least 4 members (excludes halogenated alkanes) is 1. The van der Waals surface area contributed by atoms with E-state index in [0.717, 1.165) is 0 Å². The maximum atomic E-state index is 2.47. The molecule has 0 heteroatoms. The predicted octanol–water partition coefficient (Wildman–Crippen LogP) is 5.01. The Morgan fingerprint density at radius 2 is 2.14 bits per heavy atom. The van der Waals surface area contributed by atoms with Gasteiger partial charge in [-0.3, -0.25) is 0 Å². The first-order valence-electron chi connectivity index (χ1n) is 6.27. The average molecular weight is 192 g/mol. The van der Waals surface area contributed by atoms with Gasteiger partial charge in [0.25, 0.3) is 0 Å². The Morgan fingerprint density at radius 3 is 2.71 bits per heavy atom. The summed E-state index contributed by atoms with van der Waals surface area (Å²) in [6, 6.07) is 0. The maximum Gasteiger partial charge on any atom is -0.0279 e. The summed E-state index contributed by atoms with van der Waals surface area (Å²) in [6.07, 6.45) is 15.5. The van der Waals surface area contributed by atoms with E-state index in [-0.39, 0.29) is 0 Å². The van der Waals surface area contributed by atoms with Gasteiger partial charge in [-0.25, -0.2) is 0 Å². The van der Waals surface area contributed by atoms with Crippen LogP contribution in [0.5, 0.6) is 0 Å². The Balaban J connectivity index is 2.60. The Labute approximate surface area is 89.1 Å². The van der Waals surface area contributed by atoms with Gasteiger partial charge in [0, 0.05) is 0 Å². The molecule has 0 aromatic heterocycles. The van der Waals surface area contributed by atoms with Crippen molar-refractivity contribution in [1.29, 1.82) is 0 Å². The summed E-state index contributed by atoms with van der Waals surface area (Å²) in [5.74, 6) is 0. The van der Waals surface area contributed by atoms with Gasteiger partial charge in [0.1, 0.15) is 0 Å². The summed E-state index contributed by atoms with van der Waals surface area (Å²) >= 11 is 0. The Kier molecular flexibility index (Phi) is 5.66. The van der Waals surface area contributed by atoms with Gasteiger partial charge < -0.3 is 0 Å². The molecule has 1 aliphatic carbocycles. The minimum atomic E-state index is 1.26. The lowest BCUT2D eigenvalue weighted by molar-refractivity contribution is 0.695. The quantitative estimate of drug-likeness (QED) is 0.574. The molecule has 0 unspecified atom stereocenters. The van der Waals surface area contributed by atoms with Gasteiger partial charge in [-0.2, -0.15) is 0 Å². The first-order valence-corrected chi connectivity index (χ1v) is 6.27. The number of allylic oxidation sites excluding steroid dienone is 4. The van der Waals surface area contributed by atoms with Crippen molar-refractivity contribution >= 4 is 0 Å². The van der Waals surface area contributed by atoms with E-state index in [1.807, 2.05) is 0 Å². The molecule has 1 aliphatic rings. The van der Waals surface area contributed by atoms with Crippen LogP contribution < -0.4 is 0 Å². The van der Waals surface area contributed by atoms with Crippen molar-refractivity contribution in [2.75, 3.05) is 0 Å². The summed E-state index contributed by atoms with van der Waals surface area (Å²) in [4.78, 5) is 0. The summed E-state index contributed by atoms with van der Waals surface area (Å²) in [7, 11) is 0. The first-order chi connectivity index (χ1) is 6.88. The molecule has 80 valence electrons. The van der Waals surface area contributed by atoms with E-state index in [1.54, 1.807) is 11.1 Å². The zero-order chi connectivity index (χ0) is 10.2. The minimum absolute atomic E-state index is 1.26. The van der Waals surface area contributed by atoms with Crippen molar-refractivity contribution in [3.05, 3.63) is 23.3 Å². The molecule has 0 aromatic rings. The number of hydrogen-bond acceptors (Lipinski definition) is 0. The van der Waals surface area contributed by atoms with Gasteiger partial charge >= 0.3 is 0 Å². The molecule has 0 atom stereocenters. The normalized spacial score (nSPS) is 18.1. The van der Waals surface area contributed by atoms with Crippen LogP contribution in [-0.4, -0.2) is 0 Å². The second-order valence-corrected chi connectivity index (χ2v) is 4.24. The van der Waals surface area contributed by atoms with E-state index in [9.17, 15) is 0 Å². The molecule has 0 saturated carbocycles. The van der Waals surface area contributed by atoms with E-state index in [2.05, 4.69) is 26.0 Å². The van der Waals surface area contributed by atoms with Crippen molar-refractivity contribution in [2.45, 2.75) is 65.2 Å². The fourth-order valence-electron chi connectivity index (χ4n) is 2.11. The van der Waals surface area contributed by atoms with Crippen molar-refractivity contribution < 1.29 is 0 Å². The van der Waals surface area contributed by atoms with Gasteiger partial charge in [-0.1, -0.05) is 38.8 Å². The third-order valence-electron chi connectivity index (χ3n) is 2.90. The Hall–Kier alpha value is -0.520. The minimum Gasteiger partial charge on any atom is -0.0811 e. The average Bonchev–Trinajstić information content (AvgIpc) is 2.25. The van der Waals surface area contributed by atoms with E-state index in [0.29, 0.717) is 0 Å². The monoisotopic (exact) mass is 192 g/mol. The maximum absolute atomic E-state index is 2.47. The lowest BCUT2D eigenvalue weighted by Gasteiger charge is -2.16. The van der Waals surface area contributed by atoms with Crippen LogP contribution in [0.4, 0.5) is 0 Å². The van der Waals surface area contributed by atoms with Crippen LogP contribution in [-0.2, 0) is 0 Å². The largest absolute Gasteiger partial charge is 0.0811 e. The van der Waals surface area contributed by atoms with Gasteiger partial charge in [0.15, 0.2) is 0 Å². The van der Waals surface area contributed by atoms with Gasteiger partial charge in [-0.05, 0) is 49.7 Å². The molecular formula is C14H24. The van der Waals surface area contributed by atoms with E-state index >= 15 is 0 Å². The summed E-state index contributed by atoms with van der Waals surface area (Å²) in [6.45, 7) is 4.54. The molecule has 0 aliphatic heterocycles. The van der Waals surface area contributed by atoms with Crippen LogP contribution in [0.2, 0.25) is 0 Å². The molecule has 0 spiro atoms. The summed E-state index contributed by atoms with van der Waals surface area (Å²) < 4.78 is 0. The van der Waals surface area contributed by atoms with Gasteiger partial charge in [0.05, 0.1) is 0 Å². The number of rotatable bonds is 5. The second kappa shape index (κ2) is 6.86. The SMILES string of the molecule is CCCC=C(CCC)C1=CCCCC1. The third-order valence-corrected chi connectivity index (χ3v) is 2.90. The Bertz CT molecular complexity index is 208. The lowest BCUT2D eigenvalue weighted by atomic mass is 9.90. The standard InChI is InChI=1S/C14H24/c1-3-5-10-13(9-4-2)14-11-7-6-8-12-14/h10-11H,3-9,12H2,1-2H3. The molecule has 0 aromatic carbocycles. The van der Waals surface area contributed by atoms with Crippen molar-refractivity contribution in [3.63, 3.8) is 0 Å². The van der Waals surface area contributed by atoms with Crippen LogP contribution in [0.25, 0.3) is 0 Å². The topological polar surface area (TPSA) is 0 Å². The van der Waals surface area contributed by atoms with Gasteiger partial charge in [-0.15, -0.1) is 0 Å². The highest BCUT2D eigenvalue weighted by atomic mass is 14.1. The summed E-state index contributed by atoms with van der Waals surface area (Å²) in [5.41, 5.74) is 3.31. The molecule has 14 heavy (non-hydrogen) atoms. The van der Waals surface area contributed by atoms with Crippen molar-refractivity contribution in [1.82, 2.24) is 0 Å². The molecule has 0 saturated heterocycles. The van der Waals surface area contributed by atoms with Crippen molar-refractivity contribution in [3.8, 4) is 0 Å². The molecule has 1 rings (SSSR count). The van der Waals surface area contributed by atoms with Crippen LogP contribution in [0.15, 0.2) is 23.3 Å². The fourth-order valence-corrected chi connectivity index (χ4v) is 2.11. The molecule has 0 heterocycles. The highest BCUT2D eigenvalue weighted by molar-refractivity contribution is 5.31. The van der Waals surface area contributed by atoms with Crippen LogP contribution >= 0.6 is 0 Å². The van der Waals surface area contributed by atoms with Crippen LogP contribution in [0, 0.1) is 0 Å². The third kappa shape index (κ3) is 3.69. The van der Waals surface area contributed by atoms with E-state index in [4.69, 9.17) is 0 Å².